The third kappa shape index (κ3) is 1.83. The van der Waals surface area contributed by atoms with E-state index in [2.05, 4.69) is 10.3 Å². The van der Waals surface area contributed by atoms with E-state index in [4.69, 9.17) is 8.83 Å². The van der Waals surface area contributed by atoms with Gasteiger partial charge < -0.3 is 8.83 Å². The molecule has 1 aromatic carbocycles. The van der Waals surface area contributed by atoms with Crippen LogP contribution >= 0.6 is 0 Å². The number of amides is 2. The van der Waals surface area contributed by atoms with Crippen LogP contribution in [0.5, 0.6) is 0 Å². The molecule has 21 heavy (non-hydrogen) atoms. The number of benzene rings is 1. The Kier molecular flexibility index (Phi) is 2.42. The molecule has 3 heterocycles. The highest BCUT2D eigenvalue weighted by Crippen LogP contribution is 2.34. The lowest BCUT2D eigenvalue weighted by atomic mass is 9.90. The Bertz CT molecular complexity index is 890. The van der Waals surface area contributed by atoms with Crippen LogP contribution in [0, 0.1) is 6.92 Å². The van der Waals surface area contributed by atoms with Gasteiger partial charge in [-0.05, 0) is 12.5 Å². The van der Waals surface area contributed by atoms with Crippen LogP contribution < -0.4 is 5.32 Å². The fraction of sp³-hybridized carbons (Fsp3) is 0.267. The highest BCUT2D eigenvalue weighted by molar-refractivity contribution is 6.03. The summed E-state index contributed by atoms with van der Waals surface area (Å²) < 4.78 is 11.1. The molecule has 2 amide bonds. The van der Waals surface area contributed by atoms with Gasteiger partial charge in [0.2, 0.25) is 11.8 Å². The van der Waals surface area contributed by atoms with Crippen molar-refractivity contribution < 1.29 is 18.4 Å². The Morgan fingerprint density at radius 2 is 2.14 bits per heavy atom. The predicted molar refractivity (Wildman–Crippen MR) is 73.6 cm³/mol. The monoisotopic (exact) mass is 284 g/mol. The lowest BCUT2D eigenvalue weighted by Gasteiger charge is -2.19. The average molecular weight is 284 g/mol. The number of nitrogens with zero attached hydrogens (tertiary/aromatic N) is 1. The number of nitrogens with one attached hydrogen (secondary N) is 1. The molecule has 0 bridgehead atoms. The van der Waals surface area contributed by atoms with Crippen LogP contribution in [-0.2, 0) is 9.59 Å². The van der Waals surface area contributed by atoms with Crippen LogP contribution in [0.3, 0.4) is 0 Å². The van der Waals surface area contributed by atoms with E-state index < -0.39 is 0 Å². The van der Waals surface area contributed by atoms with Crippen molar-refractivity contribution in [3.05, 3.63) is 29.9 Å². The minimum absolute atomic E-state index is 0.225. The number of hydrogen-bond donors (Lipinski definition) is 1. The smallest absolute Gasteiger partial charge is 0.234 e. The molecule has 0 spiro atoms. The van der Waals surface area contributed by atoms with Gasteiger partial charge >= 0.3 is 0 Å². The summed E-state index contributed by atoms with van der Waals surface area (Å²) in [6, 6.07) is 3.64. The molecule has 1 atom stereocenters. The van der Waals surface area contributed by atoms with E-state index in [0.717, 1.165) is 16.5 Å². The molecule has 0 aliphatic carbocycles. The van der Waals surface area contributed by atoms with Crippen molar-refractivity contribution in [1.82, 2.24) is 10.3 Å². The number of aryl methyl sites for hydroxylation is 1. The highest BCUT2D eigenvalue weighted by atomic mass is 16.3. The third-order valence-electron chi connectivity index (χ3n) is 3.84. The van der Waals surface area contributed by atoms with Crippen LogP contribution in [-0.4, -0.2) is 16.8 Å². The largest absolute Gasteiger partial charge is 0.464 e. The van der Waals surface area contributed by atoms with Crippen LogP contribution in [0.2, 0.25) is 0 Å². The van der Waals surface area contributed by atoms with Crippen LogP contribution in [0.1, 0.15) is 30.2 Å². The number of carbonyl (C=O) groups excluding carboxylic acids is 2. The molecule has 1 N–H and O–H groups in total. The second-order valence-electron chi connectivity index (χ2n) is 5.24. The molecule has 0 saturated carbocycles. The fourth-order valence-corrected chi connectivity index (χ4v) is 2.84. The van der Waals surface area contributed by atoms with Gasteiger partial charge in [-0.3, -0.25) is 14.9 Å². The van der Waals surface area contributed by atoms with Gasteiger partial charge in [0.05, 0.1) is 12.2 Å². The molecule has 3 aromatic rings. The minimum Gasteiger partial charge on any atom is -0.464 e. The molecule has 0 unspecified atom stereocenters. The summed E-state index contributed by atoms with van der Waals surface area (Å²) in [5, 5.41) is 3.20. The summed E-state index contributed by atoms with van der Waals surface area (Å²) in [7, 11) is 0. The molecule has 1 aliphatic heterocycles. The van der Waals surface area contributed by atoms with Crippen molar-refractivity contribution in [2.45, 2.75) is 25.7 Å². The van der Waals surface area contributed by atoms with Crippen molar-refractivity contribution in [2.75, 3.05) is 0 Å². The molecule has 6 nitrogen and oxygen atoms in total. The number of aromatic nitrogens is 1. The van der Waals surface area contributed by atoms with Crippen molar-refractivity contribution in [3.8, 4) is 0 Å². The average Bonchev–Trinajstić information content (AvgIpc) is 2.98. The van der Waals surface area contributed by atoms with E-state index in [1.807, 2.05) is 6.07 Å². The van der Waals surface area contributed by atoms with Gasteiger partial charge in [0.15, 0.2) is 11.5 Å². The molecule has 6 heteroatoms. The maximum absolute atomic E-state index is 12.0. The molecular weight excluding hydrogens is 272 g/mol. The summed E-state index contributed by atoms with van der Waals surface area (Å²) >= 11 is 0. The summed E-state index contributed by atoms with van der Waals surface area (Å²) in [4.78, 5) is 27.5. The Morgan fingerprint density at radius 3 is 2.95 bits per heavy atom. The van der Waals surface area contributed by atoms with Crippen molar-refractivity contribution in [2.24, 2.45) is 0 Å². The van der Waals surface area contributed by atoms with E-state index >= 15 is 0 Å². The van der Waals surface area contributed by atoms with Gasteiger partial charge in [0.25, 0.3) is 0 Å². The lowest BCUT2D eigenvalue weighted by Crippen LogP contribution is -2.39. The zero-order valence-electron chi connectivity index (χ0n) is 11.3. The Balaban J connectivity index is 1.87. The Hall–Kier alpha value is -2.63. The molecular formula is C15H12N2O4. The second-order valence-corrected chi connectivity index (χ2v) is 5.24. The molecule has 1 fully saturated rings. The number of fused-ring (bicyclic) bond motifs is 2. The van der Waals surface area contributed by atoms with Gasteiger partial charge in [0.1, 0.15) is 11.1 Å². The molecule has 1 saturated heterocycles. The number of carbonyl (C=O) groups is 2. The number of oxazole rings is 1. The topological polar surface area (TPSA) is 85.3 Å². The van der Waals surface area contributed by atoms with Crippen molar-refractivity contribution in [3.63, 3.8) is 0 Å². The van der Waals surface area contributed by atoms with Crippen LogP contribution in [0.4, 0.5) is 0 Å². The first-order valence-electron chi connectivity index (χ1n) is 6.74. The number of furan rings is 1. The maximum atomic E-state index is 12.0. The molecule has 1 aliphatic rings. The van der Waals surface area contributed by atoms with E-state index in [1.54, 1.807) is 19.3 Å². The number of rotatable bonds is 1. The number of imide groups is 1. The SMILES string of the molecule is Cc1nc2cc3occ([C@@H]4CCC(=O)NC4=O)c3cc2o1. The third-order valence-corrected chi connectivity index (χ3v) is 3.84. The molecule has 2 aromatic heterocycles. The highest BCUT2D eigenvalue weighted by Gasteiger charge is 2.30. The van der Waals surface area contributed by atoms with Gasteiger partial charge in [-0.2, -0.15) is 0 Å². The lowest BCUT2D eigenvalue weighted by molar-refractivity contribution is -0.134. The number of piperidine rings is 1. The van der Waals surface area contributed by atoms with Crippen LogP contribution in [0.15, 0.2) is 27.2 Å². The first-order chi connectivity index (χ1) is 10.1. The number of hydrogen-bond acceptors (Lipinski definition) is 5. The summed E-state index contributed by atoms with van der Waals surface area (Å²) in [5.74, 6) is -0.286. The fourth-order valence-electron chi connectivity index (χ4n) is 2.84. The van der Waals surface area contributed by atoms with Gasteiger partial charge in [0, 0.05) is 30.4 Å². The summed E-state index contributed by atoms with van der Waals surface area (Å²) in [6.45, 7) is 1.78. The molecule has 0 radical (unpaired) electrons. The minimum atomic E-state index is -0.370. The zero-order chi connectivity index (χ0) is 14.6. The summed E-state index contributed by atoms with van der Waals surface area (Å²) in [6.07, 6.45) is 2.41. The van der Waals surface area contributed by atoms with E-state index in [1.165, 1.54) is 0 Å². The first kappa shape index (κ1) is 12.1. The standard InChI is InChI=1S/C15H12N2O4/c1-7-16-11-5-12-9(4-13(11)21-7)10(6-20-12)8-2-3-14(18)17-15(8)19/h4-6,8H,2-3H2,1H3,(H,17,18,19)/t8-/m0/s1. The normalized spacial score (nSPS) is 19.4. The first-order valence-corrected chi connectivity index (χ1v) is 6.74. The van der Waals surface area contributed by atoms with E-state index in [-0.39, 0.29) is 17.7 Å². The quantitative estimate of drug-likeness (QED) is 0.693. The van der Waals surface area contributed by atoms with E-state index in [9.17, 15) is 9.59 Å². The second kappa shape index (κ2) is 4.18. The van der Waals surface area contributed by atoms with Gasteiger partial charge in [-0.25, -0.2) is 4.98 Å². The predicted octanol–water partition coefficient (Wildman–Crippen LogP) is 2.40. The van der Waals surface area contributed by atoms with Gasteiger partial charge in [-0.15, -0.1) is 0 Å². The van der Waals surface area contributed by atoms with Crippen molar-refractivity contribution >= 4 is 33.9 Å². The van der Waals surface area contributed by atoms with Gasteiger partial charge in [-0.1, -0.05) is 0 Å². The Labute approximate surface area is 119 Å². The molecule has 4 rings (SSSR count). The van der Waals surface area contributed by atoms with E-state index in [0.29, 0.717) is 29.9 Å². The zero-order valence-corrected chi connectivity index (χ0v) is 11.3. The Morgan fingerprint density at radius 1 is 1.29 bits per heavy atom. The maximum Gasteiger partial charge on any atom is 0.234 e. The summed E-state index contributed by atoms with van der Waals surface area (Å²) in [5.41, 5.74) is 2.83. The van der Waals surface area contributed by atoms with Crippen molar-refractivity contribution in [1.29, 1.82) is 0 Å². The molecule has 106 valence electrons. The van der Waals surface area contributed by atoms with Crippen LogP contribution in [0.25, 0.3) is 22.1 Å².